The summed E-state index contributed by atoms with van der Waals surface area (Å²) in [5, 5.41) is 8.68. The van der Waals surface area contributed by atoms with Gasteiger partial charge in [0, 0.05) is 18.4 Å². The highest BCUT2D eigenvalue weighted by molar-refractivity contribution is 6.00. The Balaban J connectivity index is 0.000000136. The van der Waals surface area contributed by atoms with Crippen molar-refractivity contribution in [2.75, 3.05) is 0 Å². The van der Waals surface area contributed by atoms with Crippen LogP contribution >= 0.6 is 0 Å². The Hall–Kier alpha value is -3.79. The summed E-state index contributed by atoms with van der Waals surface area (Å²) in [6, 6.07) is 22.9. The van der Waals surface area contributed by atoms with E-state index in [9.17, 15) is 14.4 Å². The first-order valence-electron chi connectivity index (χ1n) is 10.6. The molecule has 0 unspecified atom stereocenters. The number of fused-ring (bicyclic) bond motifs is 2. The molecule has 32 heavy (non-hydrogen) atoms. The van der Waals surface area contributed by atoms with Crippen LogP contribution in [0.1, 0.15) is 56.3 Å². The van der Waals surface area contributed by atoms with Gasteiger partial charge in [0.05, 0.1) is 5.56 Å². The predicted octanol–water partition coefficient (Wildman–Crippen LogP) is 5.59. The zero-order valence-electron chi connectivity index (χ0n) is 18.1. The van der Waals surface area contributed by atoms with Crippen molar-refractivity contribution in [2.24, 2.45) is 0 Å². The molecular formula is C28H26O4. The van der Waals surface area contributed by atoms with Crippen LogP contribution in [-0.2, 0) is 24.1 Å². The van der Waals surface area contributed by atoms with Gasteiger partial charge in [-0.25, -0.2) is 4.79 Å². The average molecular weight is 427 g/mol. The van der Waals surface area contributed by atoms with E-state index in [0.717, 1.165) is 18.4 Å². The molecule has 5 rings (SSSR count). The number of allylic oxidation sites excluding steroid dienone is 2. The maximum Gasteiger partial charge on any atom is 0.335 e. The molecule has 162 valence electrons. The molecule has 0 radical (unpaired) electrons. The van der Waals surface area contributed by atoms with Crippen LogP contribution in [-0.4, -0.2) is 23.1 Å². The molecule has 3 aromatic carbocycles. The maximum atomic E-state index is 11.1. The second kappa shape index (κ2) is 11.0. The van der Waals surface area contributed by atoms with E-state index in [0.29, 0.717) is 24.1 Å². The first kappa shape index (κ1) is 22.9. The second-order valence-corrected chi connectivity index (χ2v) is 7.66. The van der Waals surface area contributed by atoms with Crippen molar-refractivity contribution in [1.29, 1.82) is 0 Å². The van der Waals surface area contributed by atoms with E-state index in [1.165, 1.54) is 28.3 Å². The Kier molecular flexibility index (Phi) is 7.87. The number of carbonyl (C=O) groups excluding carboxylic acids is 2. The topological polar surface area (TPSA) is 71.4 Å². The van der Waals surface area contributed by atoms with Crippen LogP contribution in [0.15, 0.2) is 78.9 Å². The highest BCUT2D eigenvalue weighted by atomic mass is 16.4. The molecule has 0 aromatic heterocycles. The molecule has 0 amide bonds. The van der Waals surface area contributed by atoms with Crippen LogP contribution in [0.3, 0.4) is 0 Å². The van der Waals surface area contributed by atoms with E-state index in [2.05, 4.69) is 37.3 Å². The van der Waals surface area contributed by atoms with Gasteiger partial charge in [-0.1, -0.05) is 72.8 Å². The molecule has 4 nitrogen and oxygen atoms in total. The van der Waals surface area contributed by atoms with Crippen LogP contribution < -0.4 is 0 Å². The number of Topliss-reactive ketones (excluding diaryl/α,β-unsaturated/α-hetero) is 1. The van der Waals surface area contributed by atoms with E-state index >= 15 is 0 Å². The third-order valence-corrected chi connectivity index (χ3v) is 5.56. The Labute approximate surface area is 188 Å². The van der Waals surface area contributed by atoms with E-state index in [-0.39, 0.29) is 12.0 Å². The van der Waals surface area contributed by atoms with Crippen LogP contribution in [0, 0.1) is 0 Å². The van der Waals surface area contributed by atoms with E-state index < -0.39 is 5.97 Å². The summed E-state index contributed by atoms with van der Waals surface area (Å²) < 4.78 is 0. The number of hydrogen-bond donors (Lipinski definition) is 1. The summed E-state index contributed by atoms with van der Waals surface area (Å²) in [5.74, 6) is -0.692. The third kappa shape index (κ3) is 5.67. The van der Waals surface area contributed by atoms with Crippen molar-refractivity contribution < 1.29 is 19.5 Å². The molecule has 0 atom stereocenters. The zero-order chi connectivity index (χ0) is 22.9. The third-order valence-electron chi connectivity index (χ3n) is 5.56. The minimum atomic E-state index is -0.993. The SMILES string of the molecule is CC1=CCc2ccccc21.O=C1CCc2ccccc21.O=CCc1ccccc1C(=O)O. The average Bonchev–Trinajstić information content (AvgIpc) is 3.38. The normalized spacial score (nSPS) is 12.9. The number of carboxylic acids is 1. The number of aromatic carboxylic acids is 1. The summed E-state index contributed by atoms with van der Waals surface area (Å²) in [7, 11) is 0. The maximum absolute atomic E-state index is 11.1. The Morgan fingerprint density at radius 1 is 0.875 bits per heavy atom. The molecule has 0 heterocycles. The lowest BCUT2D eigenvalue weighted by molar-refractivity contribution is -0.107. The van der Waals surface area contributed by atoms with Gasteiger partial charge >= 0.3 is 5.97 Å². The van der Waals surface area contributed by atoms with Crippen molar-refractivity contribution >= 4 is 23.6 Å². The van der Waals surface area contributed by atoms with Gasteiger partial charge in [0.1, 0.15) is 6.29 Å². The summed E-state index contributed by atoms with van der Waals surface area (Å²) in [5.41, 5.74) is 7.23. The number of hydrogen-bond acceptors (Lipinski definition) is 3. The predicted molar refractivity (Wildman–Crippen MR) is 126 cm³/mol. The van der Waals surface area contributed by atoms with Gasteiger partial charge in [0.15, 0.2) is 5.78 Å². The minimum Gasteiger partial charge on any atom is -0.478 e. The Morgan fingerprint density at radius 2 is 1.50 bits per heavy atom. The molecule has 1 N–H and O–H groups in total. The zero-order valence-corrected chi connectivity index (χ0v) is 18.1. The standard InChI is InChI=1S/C10H10.C9H8O3.C9H8O/c1-8-6-7-9-4-2-3-5-10(8)9;10-6-5-7-3-1-2-4-8(7)9(11)12;10-9-6-5-7-3-1-2-4-8(7)9/h2-6H,7H2,1H3;1-4,6H,5H2,(H,11,12);1-4H,5-6H2. The molecule has 2 aliphatic rings. The summed E-state index contributed by atoms with van der Waals surface area (Å²) in [4.78, 5) is 31.8. The van der Waals surface area contributed by atoms with Crippen molar-refractivity contribution in [2.45, 2.75) is 32.6 Å². The molecule has 0 aliphatic heterocycles. The van der Waals surface area contributed by atoms with Crippen molar-refractivity contribution in [3.63, 3.8) is 0 Å². The number of carbonyl (C=O) groups is 3. The minimum absolute atomic E-state index is 0.155. The van der Waals surface area contributed by atoms with Crippen LogP contribution in [0.2, 0.25) is 0 Å². The molecular weight excluding hydrogens is 400 g/mol. The molecule has 2 aliphatic carbocycles. The van der Waals surface area contributed by atoms with Gasteiger partial charge in [-0.3, -0.25) is 4.79 Å². The number of aldehydes is 1. The fourth-order valence-electron chi connectivity index (χ4n) is 3.85. The highest BCUT2D eigenvalue weighted by Gasteiger charge is 2.17. The Morgan fingerprint density at radius 3 is 2.16 bits per heavy atom. The smallest absolute Gasteiger partial charge is 0.335 e. The first-order chi connectivity index (χ1) is 15.5. The van der Waals surface area contributed by atoms with E-state index in [1.807, 2.05) is 24.3 Å². The fourth-order valence-corrected chi connectivity index (χ4v) is 3.85. The van der Waals surface area contributed by atoms with E-state index in [1.54, 1.807) is 18.2 Å². The molecule has 0 saturated heterocycles. The fraction of sp³-hybridized carbons (Fsp3) is 0.179. The molecule has 4 heteroatoms. The van der Waals surface area contributed by atoms with Gasteiger partial charge < -0.3 is 9.90 Å². The van der Waals surface area contributed by atoms with Crippen LogP contribution in [0.4, 0.5) is 0 Å². The monoisotopic (exact) mass is 426 g/mol. The lowest BCUT2D eigenvalue weighted by atomic mass is 10.1. The first-order valence-corrected chi connectivity index (χ1v) is 10.6. The number of carboxylic acid groups (broad SMARTS) is 1. The van der Waals surface area contributed by atoms with Crippen LogP contribution in [0.5, 0.6) is 0 Å². The van der Waals surface area contributed by atoms with Crippen molar-refractivity contribution in [1.82, 2.24) is 0 Å². The largest absolute Gasteiger partial charge is 0.478 e. The van der Waals surface area contributed by atoms with Gasteiger partial charge in [-0.2, -0.15) is 0 Å². The summed E-state index contributed by atoms with van der Waals surface area (Å²) in [6.45, 7) is 2.17. The summed E-state index contributed by atoms with van der Waals surface area (Å²) >= 11 is 0. The lowest BCUT2D eigenvalue weighted by Gasteiger charge is -1.99. The summed E-state index contributed by atoms with van der Waals surface area (Å²) in [6.07, 6.45) is 5.91. The lowest BCUT2D eigenvalue weighted by Crippen LogP contribution is -2.02. The highest BCUT2D eigenvalue weighted by Crippen LogP contribution is 2.25. The number of aryl methyl sites for hydroxylation is 1. The second-order valence-electron chi connectivity index (χ2n) is 7.66. The van der Waals surface area contributed by atoms with Gasteiger partial charge in [-0.05, 0) is 53.7 Å². The number of ketones is 1. The van der Waals surface area contributed by atoms with Gasteiger partial charge in [-0.15, -0.1) is 0 Å². The van der Waals surface area contributed by atoms with Crippen LogP contribution in [0.25, 0.3) is 5.57 Å². The van der Waals surface area contributed by atoms with Gasteiger partial charge in [0.25, 0.3) is 0 Å². The molecule has 3 aromatic rings. The van der Waals surface area contributed by atoms with Crippen molar-refractivity contribution in [3.8, 4) is 0 Å². The quantitative estimate of drug-likeness (QED) is 0.555. The molecule has 0 bridgehead atoms. The number of benzene rings is 3. The molecule has 0 saturated carbocycles. The Bertz CT molecular complexity index is 1150. The molecule has 0 fully saturated rings. The van der Waals surface area contributed by atoms with E-state index in [4.69, 9.17) is 5.11 Å². The van der Waals surface area contributed by atoms with Crippen molar-refractivity contribution in [3.05, 3.63) is 112 Å². The number of rotatable bonds is 3. The molecule has 0 spiro atoms. The van der Waals surface area contributed by atoms with Gasteiger partial charge in [0.2, 0.25) is 0 Å².